The first-order chi connectivity index (χ1) is 5.16. The van der Waals surface area contributed by atoms with E-state index < -0.39 is 5.82 Å². The molecule has 0 aliphatic heterocycles. The molecule has 0 aliphatic carbocycles. The van der Waals surface area contributed by atoms with Crippen LogP contribution in [0.5, 0.6) is 11.5 Å². The molecule has 60 valence electrons. The van der Waals surface area contributed by atoms with E-state index in [0.29, 0.717) is 0 Å². The largest absolute Gasteiger partial charge is 0.507 e. The lowest BCUT2D eigenvalue weighted by atomic mass is 10.3. The molecule has 0 saturated carbocycles. The summed E-state index contributed by atoms with van der Waals surface area (Å²) in [6, 6.07) is 2.71. The van der Waals surface area contributed by atoms with Crippen LogP contribution in [0.1, 0.15) is 0 Å². The van der Waals surface area contributed by atoms with E-state index in [1.165, 1.54) is 19.2 Å². The van der Waals surface area contributed by atoms with Crippen LogP contribution in [0.2, 0.25) is 0 Å². The van der Waals surface area contributed by atoms with E-state index in [4.69, 9.17) is 5.11 Å². The topological polar surface area (TPSA) is 29.5 Å². The number of rotatable bonds is 1. The molecule has 0 amide bonds. The van der Waals surface area contributed by atoms with Crippen LogP contribution >= 0.6 is 15.9 Å². The highest BCUT2D eigenvalue weighted by molar-refractivity contribution is 9.10. The molecule has 0 heterocycles. The average Bonchev–Trinajstić information content (AvgIpc) is 2.01. The molecule has 0 fully saturated rings. The Morgan fingerprint density at radius 2 is 2.18 bits per heavy atom. The number of ether oxygens (including phenoxy) is 1. The Labute approximate surface area is 71.7 Å². The third-order valence-electron chi connectivity index (χ3n) is 1.25. The van der Waals surface area contributed by atoms with Crippen LogP contribution in [0.4, 0.5) is 4.39 Å². The minimum atomic E-state index is -0.590. The Morgan fingerprint density at radius 3 is 2.73 bits per heavy atom. The maximum absolute atomic E-state index is 12.9. The third kappa shape index (κ3) is 1.45. The molecule has 1 rings (SSSR count). The maximum Gasteiger partial charge on any atom is 0.182 e. The van der Waals surface area contributed by atoms with Gasteiger partial charge in [-0.25, -0.2) is 4.39 Å². The molecule has 0 saturated heterocycles. The van der Waals surface area contributed by atoms with Gasteiger partial charge in [-0.3, -0.25) is 0 Å². The summed E-state index contributed by atoms with van der Waals surface area (Å²) in [5, 5.41) is 8.98. The van der Waals surface area contributed by atoms with Gasteiger partial charge in [-0.1, -0.05) is 0 Å². The maximum atomic E-state index is 12.9. The lowest BCUT2D eigenvalue weighted by Crippen LogP contribution is -1.88. The Kier molecular flexibility index (Phi) is 2.34. The van der Waals surface area contributed by atoms with Gasteiger partial charge in [0.2, 0.25) is 0 Å². The molecule has 0 aliphatic rings. The Morgan fingerprint density at radius 1 is 1.55 bits per heavy atom. The van der Waals surface area contributed by atoms with Crippen molar-refractivity contribution in [2.45, 2.75) is 0 Å². The number of halogens is 2. The molecular weight excluding hydrogens is 215 g/mol. The summed E-state index contributed by atoms with van der Waals surface area (Å²) >= 11 is 2.87. The molecule has 1 aromatic carbocycles. The zero-order valence-corrected chi connectivity index (χ0v) is 7.35. The molecule has 2 nitrogen and oxygen atoms in total. The number of aromatic hydroxyl groups is 1. The van der Waals surface area contributed by atoms with Crippen molar-refractivity contribution in [3.05, 3.63) is 22.4 Å². The highest BCUT2D eigenvalue weighted by Crippen LogP contribution is 2.32. The van der Waals surface area contributed by atoms with E-state index in [1.807, 2.05) is 0 Å². The molecule has 0 atom stereocenters. The zero-order chi connectivity index (χ0) is 8.43. The molecule has 4 heteroatoms. The second-order valence-corrected chi connectivity index (χ2v) is 2.71. The van der Waals surface area contributed by atoms with Gasteiger partial charge in [-0.15, -0.1) is 0 Å². The minimum Gasteiger partial charge on any atom is -0.507 e. The molecule has 0 bridgehead atoms. The van der Waals surface area contributed by atoms with Crippen molar-refractivity contribution < 1.29 is 14.2 Å². The molecule has 0 aromatic heterocycles. The van der Waals surface area contributed by atoms with Gasteiger partial charge in [-0.05, 0) is 28.1 Å². The fourth-order valence-corrected chi connectivity index (χ4v) is 1.01. The highest BCUT2D eigenvalue weighted by Gasteiger charge is 2.09. The van der Waals surface area contributed by atoms with E-state index in [-0.39, 0.29) is 16.0 Å². The predicted molar refractivity (Wildman–Crippen MR) is 42.3 cm³/mol. The smallest absolute Gasteiger partial charge is 0.182 e. The van der Waals surface area contributed by atoms with E-state index in [0.717, 1.165) is 0 Å². The number of methoxy groups -OCH3 is 1. The number of hydrogen-bond acceptors (Lipinski definition) is 2. The molecule has 0 unspecified atom stereocenters. The van der Waals surface area contributed by atoms with Crippen molar-refractivity contribution >= 4 is 15.9 Å². The minimum absolute atomic E-state index is 0.0249. The van der Waals surface area contributed by atoms with E-state index >= 15 is 0 Å². The summed E-state index contributed by atoms with van der Waals surface area (Å²) in [7, 11) is 1.36. The van der Waals surface area contributed by atoms with E-state index in [1.54, 1.807) is 0 Å². The summed E-state index contributed by atoms with van der Waals surface area (Å²) < 4.78 is 17.6. The molecular formula is C7H6BrFO2. The van der Waals surface area contributed by atoms with E-state index in [9.17, 15) is 4.39 Å². The standard InChI is InChI=1S/C7H6BrFO2/c1-11-5-3-2-4(10)6(8)7(5)9/h2-3,10H,1H3. The van der Waals surface area contributed by atoms with Crippen molar-refractivity contribution in [1.82, 2.24) is 0 Å². The molecule has 11 heavy (non-hydrogen) atoms. The van der Waals surface area contributed by atoms with Gasteiger partial charge in [0, 0.05) is 0 Å². The number of phenols is 1. The van der Waals surface area contributed by atoms with Crippen molar-refractivity contribution in [3.63, 3.8) is 0 Å². The SMILES string of the molecule is COc1ccc(O)c(Br)c1F. The monoisotopic (exact) mass is 220 g/mol. The van der Waals surface area contributed by atoms with Gasteiger partial charge in [0.15, 0.2) is 11.6 Å². The summed E-state index contributed by atoms with van der Waals surface area (Å²) in [6.45, 7) is 0. The normalized spacial score (nSPS) is 9.73. The quantitative estimate of drug-likeness (QED) is 0.788. The van der Waals surface area contributed by atoms with Crippen LogP contribution in [0.3, 0.4) is 0 Å². The van der Waals surface area contributed by atoms with Crippen molar-refractivity contribution in [1.29, 1.82) is 0 Å². The summed E-state index contributed by atoms with van der Waals surface area (Å²) in [5.41, 5.74) is 0. The first kappa shape index (κ1) is 8.33. The lowest BCUT2D eigenvalue weighted by Gasteiger charge is -2.03. The van der Waals surface area contributed by atoms with Crippen LogP contribution < -0.4 is 4.74 Å². The number of benzene rings is 1. The third-order valence-corrected chi connectivity index (χ3v) is 2.00. The van der Waals surface area contributed by atoms with Gasteiger partial charge in [0.05, 0.1) is 11.6 Å². The van der Waals surface area contributed by atoms with Gasteiger partial charge in [0.25, 0.3) is 0 Å². The van der Waals surface area contributed by atoms with Gasteiger partial charge < -0.3 is 9.84 Å². The van der Waals surface area contributed by atoms with Crippen molar-refractivity contribution in [2.75, 3.05) is 7.11 Å². The molecule has 0 spiro atoms. The van der Waals surface area contributed by atoms with Gasteiger partial charge in [-0.2, -0.15) is 0 Å². The first-order valence-corrected chi connectivity index (χ1v) is 3.67. The van der Waals surface area contributed by atoms with Crippen molar-refractivity contribution in [3.8, 4) is 11.5 Å². The first-order valence-electron chi connectivity index (χ1n) is 2.87. The van der Waals surface area contributed by atoms with Gasteiger partial charge in [0.1, 0.15) is 5.75 Å². The number of hydrogen-bond donors (Lipinski definition) is 1. The fraction of sp³-hybridized carbons (Fsp3) is 0.143. The second kappa shape index (κ2) is 3.09. The van der Waals surface area contributed by atoms with Crippen LogP contribution in [0, 0.1) is 5.82 Å². The van der Waals surface area contributed by atoms with Gasteiger partial charge >= 0.3 is 0 Å². The highest BCUT2D eigenvalue weighted by atomic mass is 79.9. The summed E-state index contributed by atoms with van der Waals surface area (Å²) in [6.07, 6.45) is 0. The zero-order valence-electron chi connectivity index (χ0n) is 5.77. The van der Waals surface area contributed by atoms with Crippen LogP contribution in [0.15, 0.2) is 16.6 Å². The Bertz CT molecular complexity index is 275. The van der Waals surface area contributed by atoms with Crippen molar-refractivity contribution in [2.24, 2.45) is 0 Å². The van der Waals surface area contributed by atoms with Crippen LogP contribution in [-0.2, 0) is 0 Å². The van der Waals surface area contributed by atoms with Crippen LogP contribution in [-0.4, -0.2) is 12.2 Å². The van der Waals surface area contributed by atoms with Crippen LogP contribution in [0.25, 0.3) is 0 Å². The molecule has 1 N–H and O–H groups in total. The molecule has 1 aromatic rings. The Hall–Kier alpha value is -0.770. The Balaban J connectivity index is 3.25. The predicted octanol–water partition coefficient (Wildman–Crippen LogP) is 2.30. The second-order valence-electron chi connectivity index (χ2n) is 1.91. The number of phenolic OH excluding ortho intramolecular Hbond substituents is 1. The lowest BCUT2D eigenvalue weighted by molar-refractivity contribution is 0.380. The molecule has 0 radical (unpaired) electrons. The summed E-state index contributed by atoms with van der Waals surface area (Å²) in [5.74, 6) is -0.620. The fourth-order valence-electron chi connectivity index (χ4n) is 0.679. The van der Waals surface area contributed by atoms with E-state index in [2.05, 4.69) is 20.7 Å². The average molecular weight is 221 g/mol. The summed E-state index contributed by atoms with van der Waals surface area (Å²) in [4.78, 5) is 0.